The van der Waals surface area contributed by atoms with E-state index in [0.717, 1.165) is 49.9 Å². The SMILES string of the molecule is [2H]c1cc(-c2cccc(-c3c([2H])c([2H])c([2H])c([2H])c3[2H])c2N2[CH-]N(c3[c-]c(Oc4[c-]c5c(cc4)c4cc(-n6c7ccccc7c7ccccc76)ccc4n5-c4cc(C(C)(C)C)ccn4)ccc3)c3ccccc32)c([2H])c([2H])c1[2H].[Pt]. The standard InChI is InChI=1S/C64H46N5O.Pt/c1-64(2,3)45-36-37-65-62(38-45)69-58-35-32-47(68-56-28-12-10-24-52(56)53-25-11-13-29-57(53)68)40-55(58)54-34-33-49(41-61(54)69)70-48-23-16-22-46(39-48)66-42-67(60-31-15-14-30-59(60)66)63-50(43-18-6-4-7-19-43)26-17-27-51(63)44-20-8-5-9-21-44;/h4-38,40,42H,1-3H3;/q-3;/i4D,5D,6D,7D,8D,9D,18D,19D,20D;. The summed E-state index contributed by atoms with van der Waals surface area (Å²) in [6, 6.07) is 54.5. The van der Waals surface area contributed by atoms with E-state index in [9.17, 15) is 0 Å². The summed E-state index contributed by atoms with van der Waals surface area (Å²) >= 11 is 0. The summed E-state index contributed by atoms with van der Waals surface area (Å²) < 4.78 is 89.5. The van der Waals surface area contributed by atoms with Gasteiger partial charge in [0.15, 0.2) is 0 Å². The molecule has 0 atom stereocenters. The predicted octanol–water partition coefficient (Wildman–Crippen LogP) is 16.7. The maximum absolute atomic E-state index is 9.07. The van der Waals surface area contributed by atoms with Gasteiger partial charge in [0.25, 0.3) is 0 Å². The van der Waals surface area contributed by atoms with E-state index < -0.39 is 42.3 Å². The van der Waals surface area contributed by atoms with E-state index >= 15 is 0 Å². The van der Waals surface area contributed by atoms with Crippen LogP contribution >= 0.6 is 0 Å². The van der Waals surface area contributed by atoms with Crippen LogP contribution in [0.5, 0.6) is 11.5 Å². The maximum atomic E-state index is 9.07. The van der Waals surface area contributed by atoms with Crippen molar-refractivity contribution in [2.75, 3.05) is 9.80 Å². The van der Waals surface area contributed by atoms with Crippen molar-refractivity contribution in [1.82, 2.24) is 14.1 Å². The number of nitrogens with zero attached hydrogens (tertiary/aromatic N) is 5. The van der Waals surface area contributed by atoms with Crippen LogP contribution in [0.1, 0.15) is 38.7 Å². The molecule has 3 aromatic heterocycles. The van der Waals surface area contributed by atoms with Crippen molar-refractivity contribution in [1.29, 1.82) is 0 Å². The molecular weight excluding hydrogens is 1050 g/mol. The monoisotopic (exact) mass is 1100 g/mol. The Hall–Kier alpha value is -8.18. The number of aromatic nitrogens is 3. The summed E-state index contributed by atoms with van der Waals surface area (Å²) in [6.45, 7) is 8.36. The maximum Gasteiger partial charge on any atom is 0.135 e. The number of pyridine rings is 1. The molecule has 0 spiro atoms. The molecule has 0 unspecified atom stereocenters. The summed E-state index contributed by atoms with van der Waals surface area (Å²) in [5.41, 5.74) is 8.91. The number of hydrogen-bond donors (Lipinski definition) is 0. The fraction of sp³-hybridized carbons (Fsp3) is 0.0625. The topological polar surface area (TPSA) is 38.5 Å². The van der Waals surface area contributed by atoms with Gasteiger partial charge < -0.3 is 23.7 Å². The third-order valence-electron chi connectivity index (χ3n) is 13.1. The number of hydrogen-bond acceptors (Lipinski definition) is 4. The summed E-state index contributed by atoms with van der Waals surface area (Å²) in [4.78, 5) is 8.67. The van der Waals surface area contributed by atoms with Crippen molar-refractivity contribution in [2.45, 2.75) is 26.2 Å². The first-order valence-electron chi connectivity index (χ1n) is 27.5. The van der Waals surface area contributed by atoms with E-state index in [0.29, 0.717) is 39.8 Å². The molecule has 71 heavy (non-hydrogen) atoms. The first-order valence-corrected chi connectivity index (χ1v) is 23.0. The third kappa shape index (κ3) is 7.58. The van der Waals surface area contributed by atoms with Crippen molar-refractivity contribution in [3.8, 4) is 45.3 Å². The Balaban J connectivity index is 0.00000637. The van der Waals surface area contributed by atoms with Gasteiger partial charge in [0.1, 0.15) is 5.82 Å². The fourth-order valence-corrected chi connectivity index (χ4v) is 9.82. The van der Waals surface area contributed by atoms with Gasteiger partial charge in [0.2, 0.25) is 0 Å². The van der Waals surface area contributed by atoms with Gasteiger partial charge in [-0.3, -0.25) is 0 Å². The third-order valence-corrected chi connectivity index (χ3v) is 13.1. The van der Waals surface area contributed by atoms with Gasteiger partial charge in [0, 0.05) is 88.9 Å². The molecule has 6 nitrogen and oxygen atoms in total. The van der Waals surface area contributed by atoms with Gasteiger partial charge in [-0.2, -0.15) is 12.1 Å². The van der Waals surface area contributed by atoms with Crippen molar-refractivity contribution in [3.05, 3.63) is 243 Å². The van der Waals surface area contributed by atoms with Crippen LogP contribution in [-0.2, 0) is 26.5 Å². The van der Waals surface area contributed by atoms with E-state index in [-0.39, 0.29) is 55.3 Å². The van der Waals surface area contributed by atoms with Crippen LogP contribution in [0.15, 0.2) is 218 Å². The van der Waals surface area contributed by atoms with Crippen LogP contribution in [0.3, 0.4) is 0 Å². The minimum Gasteiger partial charge on any atom is -0.509 e. The van der Waals surface area contributed by atoms with E-state index in [4.69, 9.17) is 22.1 Å². The number of para-hydroxylation sites is 5. The molecule has 0 N–H and O–H groups in total. The quantitative estimate of drug-likeness (QED) is 0.142. The molecule has 0 fully saturated rings. The molecular formula is C64H46N5OPt-3. The molecule has 12 aromatic rings. The normalized spacial score (nSPS) is 14.3. The minimum atomic E-state index is -0.539. The van der Waals surface area contributed by atoms with Gasteiger partial charge in [-0.15, -0.1) is 48.1 Å². The number of benzene rings is 9. The van der Waals surface area contributed by atoms with Crippen molar-refractivity contribution in [2.24, 2.45) is 0 Å². The second kappa shape index (κ2) is 17.7. The Labute approximate surface area is 440 Å². The Morgan fingerprint density at radius 2 is 1.18 bits per heavy atom. The average molecular weight is 1110 g/mol. The van der Waals surface area contributed by atoms with Gasteiger partial charge in [-0.05, 0) is 82.1 Å². The average Bonchev–Trinajstić information content (AvgIpc) is 3.79. The summed E-state index contributed by atoms with van der Waals surface area (Å²) in [6.07, 6.45) is 1.85. The van der Waals surface area contributed by atoms with Crippen LogP contribution in [0.2, 0.25) is 0 Å². The van der Waals surface area contributed by atoms with Gasteiger partial charge >= 0.3 is 0 Å². The number of rotatable bonds is 8. The molecule has 7 heteroatoms. The molecule has 346 valence electrons. The second-order valence-electron chi connectivity index (χ2n) is 18.3. The zero-order valence-electron chi connectivity index (χ0n) is 47.6. The van der Waals surface area contributed by atoms with Gasteiger partial charge in [-0.1, -0.05) is 153 Å². The van der Waals surface area contributed by atoms with Crippen molar-refractivity contribution >= 4 is 66.4 Å². The number of fused-ring (bicyclic) bond motifs is 7. The fourth-order valence-electron chi connectivity index (χ4n) is 9.82. The Morgan fingerprint density at radius 3 is 1.94 bits per heavy atom. The summed E-state index contributed by atoms with van der Waals surface area (Å²) in [5.74, 6) is 1.58. The molecule has 13 rings (SSSR count). The summed E-state index contributed by atoms with van der Waals surface area (Å²) in [5, 5.41) is 4.34. The molecule has 0 radical (unpaired) electrons. The zero-order valence-corrected chi connectivity index (χ0v) is 40.9. The van der Waals surface area contributed by atoms with E-state index in [1.807, 2.05) is 64.5 Å². The van der Waals surface area contributed by atoms with Crippen molar-refractivity contribution < 1.29 is 38.1 Å². The molecule has 0 saturated heterocycles. The Bertz CT molecular complexity index is 4450. The first-order chi connectivity index (χ1) is 38.1. The minimum absolute atomic E-state index is 0. The molecule has 4 heterocycles. The van der Waals surface area contributed by atoms with Gasteiger partial charge in [-0.25, -0.2) is 4.98 Å². The molecule has 0 aliphatic carbocycles. The van der Waals surface area contributed by atoms with Crippen LogP contribution in [0, 0.1) is 18.8 Å². The number of ether oxygens (including phenoxy) is 1. The van der Waals surface area contributed by atoms with E-state index in [2.05, 4.69) is 127 Å². The molecule has 0 bridgehead atoms. The first kappa shape index (κ1) is 35.0. The van der Waals surface area contributed by atoms with Crippen LogP contribution in [0.4, 0.5) is 22.7 Å². The molecule has 0 amide bonds. The van der Waals surface area contributed by atoms with Crippen LogP contribution in [-0.4, -0.2) is 14.1 Å². The molecule has 0 saturated carbocycles. The van der Waals surface area contributed by atoms with Crippen LogP contribution < -0.4 is 14.5 Å². The molecule has 1 aliphatic rings. The largest absolute Gasteiger partial charge is 0.509 e. The smallest absolute Gasteiger partial charge is 0.135 e. The zero-order chi connectivity index (χ0) is 54.8. The van der Waals surface area contributed by atoms with E-state index in [1.54, 1.807) is 24.9 Å². The predicted molar refractivity (Wildman–Crippen MR) is 288 cm³/mol. The number of anilines is 4. The van der Waals surface area contributed by atoms with Crippen molar-refractivity contribution in [3.63, 3.8) is 0 Å². The molecule has 9 aromatic carbocycles. The second-order valence-corrected chi connectivity index (χ2v) is 18.3. The Morgan fingerprint density at radius 1 is 0.535 bits per heavy atom. The van der Waals surface area contributed by atoms with Crippen LogP contribution in [0.25, 0.3) is 77.4 Å². The van der Waals surface area contributed by atoms with Gasteiger partial charge in [0.05, 0.1) is 23.4 Å². The Kier molecular flexibility index (Phi) is 8.70. The van der Waals surface area contributed by atoms with E-state index in [1.165, 1.54) is 16.8 Å². The molecule has 1 aliphatic heterocycles. The summed E-state index contributed by atoms with van der Waals surface area (Å²) in [7, 11) is 0.